The highest BCUT2D eigenvalue weighted by molar-refractivity contribution is 6.35. The molecule has 0 aliphatic rings. The van der Waals surface area contributed by atoms with Gasteiger partial charge in [0.1, 0.15) is 5.15 Å². The lowest BCUT2D eigenvalue weighted by Crippen LogP contribution is -2.14. The standard InChI is InChI=1S/C10H5Cl3N4O/c11-6-4-14-8(13)3-5(6)10(18)15-9-2-1-7(12)16-17-9/h1-4H,(H,15,17,18). The molecule has 2 heterocycles. The van der Waals surface area contributed by atoms with Gasteiger partial charge in [-0.05, 0) is 18.2 Å². The van der Waals surface area contributed by atoms with Crippen LogP contribution in [0.2, 0.25) is 15.3 Å². The van der Waals surface area contributed by atoms with E-state index in [0.29, 0.717) is 0 Å². The van der Waals surface area contributed by atoms with Crippen LogP contribution < -0.4 is 5.32 Å². The van der Waals surface area contributed by atoms with Gasteiger partial charge in [-0.1, -0.05) is 34.8 Å². The summed E-state index contributed by atoms with van der Waals surface area (Å²) in [5.74, 6) is -0.200. The molecular weight excluding hydrogens is 298 g/mol. The van der Waals surface area contributed by atoms with Gasteiger partial charge in [0.05, 0.1) is 10.6 Å². The van der Waals surface area contributed by atoms with Crippen molar-refractivity contribution in [1.82, 2.24) is 15.2 Å². The van der Waals surface area contributed by atoms with Crippen LogP contribution in [0.3, 0.4) is 0 Å². The molecule has 1 amide bonds. The topological polar surface area (TPSA) is 67.8 Å². The molecular formula is C10H5Cl3N4O. The van der Waals surface area contributed by atoms with Crippen molar-refractivity contribution in [1.29, 1.82) is 0 Å². The van der Waals surface area contributed by atoms with E-state index in [1.807, 2.05) is 0 Å². The number of rotatable bonds is 2. The second-order valence-electron chi connectivity index (χ2n) is 3.18. The lowest BCUT2D eigenvalue weighted by atomic mass is 10.2. The van der Waals surface area contributed by atoms with Crippen molar-refractivity contribution in [2.45, 2.75) is 0 Å². The Balaban J connectivity index is 2.21. The summed E-state index contributed by atoms with van der Waals surface area (Å²) in [5, 5.41) is 10.4. The number of carbonyl (C=O) groups excluding carboxylic acids is 1. The summed E-state index contributed by atoms with van der Waals surface area (Å²) < 4.78 is 0. The molecule has 8 heteroatoms. The Bertz CT molecular complexity index is 588. The van der Waals surface area contributed by atoms with Crippen molar-refractivity contribution in [3.8, 4) is 0 Å². The van der Waals surface area contributed by atoms with E-state index in [1.165, 1.54) is 24.4 Å². The lowest BCUT2D eigenvalue weighted by Gasteiger charge is -2.05. The van der Waals surface area contributed by atoms with Gasteiger partial charge in [-0.3, -0.25) is 4.79 Å². The van der Waals surface area contributed by atoms with Gasteiger partial charge in [0, 0.05) is 6.20 Å². The molecule has 0 aliphatic carbocycles. The van der Waals surface area contributed by atoms with Gasteiger partial charge in [-0.15, -0.1) is 10.2 Å². The van der Waals surface area contributed by atoms with E-state index >= 15 is 0 Å². The van der Waals surface area contributed by atoms with Gasteiger partial charge < -0.3 is 5.32 Å². The third-order valence-electron chi connectivity index (χ3n) is 1.94. The summed E-state index contributed by atoms with van der Waals surface area (Å²) in [6.45, 7) is 0. The molecule has 0 saturated carbocycles. The highest BCUT2D eigenvalue weighted by atomic mass is 35.5. The normalized spacial score (nSPS) is 10.2. The number of nitrogens with one attached hydrogen (secondary N) is 1. The minimum absolute atomic E-state index is 0.173. The van der Waals surface area contributed by atoms with Gasteiger partial charge in [0.25, 0.3) is 5.91 Å². The van der Waals surface area contributed by atoms with Crippen LogP contribution in [0.4, 0.5) is 5.82 Å². The van der Waals surface area contributed by atoms with Gasteiger partial charge in [0.2, 0.25) is 0 Å². The van der Waals surface area contributed by atoms with Crippen molar-refractivity contribution in [3.05, 3.63) is 45.3 Å². The number of pyridine rings is 1. The fourth-order valence-electron chi connectivity index (χ4n) is 1.15. The molecule has 1 N–H and O–H groups in total. The second-order valence-corrected chi connectivity index (χ2v) is 4.36. The van der Waals surface area contributed by atoms with E-state index in [-0.39, 0.29) is 26.7 Å². The maximum absolute atomic E-state index is 11.9. The van der Waals surface area contributed by atoms with Crippen molar-refractivity contribution in [3.63, 3.8) is 0 Å². The van der Waals surface area contributed by atoms with Crippen LogP contribution in [0, 0.1) is 0 Å². The Labute approximate surface area is 117 Å². The molecule has 2 rings (SSSR count). The van der Waals surface area contributed by atoms with Gasteiger partial charge >= 0.3 is 0 Å². The molecule has 0 atom stereocenters. The van der Waals surface area contributed by atoms with Crippen LogP contribution in [0.15, 0.2) is 24.4 Å². The molecule has 0 aliphatic heterocycles. The van der Waals surface area contributed by atoms with Crippen LogP contribution in [0.25, 0.3) is 0 Å². The summed E-state index contributed by atoms with van der Waals surface area (Å²) in [6.07, 6.45) is 1.30. The van der Waals surface area contributed by atoms with E-state index in [1.54, 1.807) is 0 Å². The molecule has 2 aromatic heterocycles. The largest absolute Gasteiger partial charge is 0.305 e. The van der Waals surface area contributed by atoms with Crippen LogP contribution in [0.1, 0.15) is 10.4 Å². The van der Waals surface area contributed by atoms with E-state index in [0.717, 1.165) is 0 Å². The number of hydrogen-bond donors (Lipinski definition) is 1. The third-order valence-corrected chi connectivity index (χ3v) is 2.65. The molecule has 0 saturated heterocycles. The van der Waals surface area contributed by atoms with Crippen LogP contribution in [-0.2, 0) is 0 Å². The Morgan fingerprint density at radius 2 is 1.89 bits per heavy atom. The number of aromatic nitrogens is 3. The molecule has 0 bridgehead atoms. The Morgan fingerprint density at radius 3 is 2.56 bits per heavy atom. The quantitative estimate of drug-likeness (QED) is 0.866. The molecule has 2 aromatic rings. The molecule has 0 spiro atoms. The zero-order chi connectivity index (χ0) is 13.1. The maximum atomic E-state index is 11.9. The second kappa shape index (κ2) is 5.48. The molecule has 0 aromatic carbocycles. The minimum Gasteiger partial charge on any atom is -0.305 e. The predicted molar refractivity (Wildman–Crippen MR) is 69.3 cm³/mol. The van der Waals surface area contributed by atoms with Gasteiger partial charge in [-0.25, -0.2) is 4.98 Å². The average Bonchev–Trinajstić information content (AvgIpc) is 2.35. The molecule has 0 fully saturated rings. The number of nitrogens with zero attached hydrogens (tertiary/aromatic N) is 3. The smallest absolute Gasteiger partial charge is 0.258 e. The summed E-state index contributed by atoms with van der Waals surface area (Å²) in [7, 11) is 0. The van der Waals surface area contributed by atoms with Gasteiger partial charge in [0.15, 0.2) is 11.0 Å². The predicted octanol–water partition coefficient (Wildman–Crippen LogP) is 3.08. The summed E-state index contributed by atoms with van der Waals surface area (Å²) in [4.78, 5) is 15.6. The van der Waals surface area contributed by atoms with Crippen molar-refractivity contribution in [2.24, 2.45) is 0 Å². The zero-order valence-corrected chi connectivity index (χ0v) is 11.0. The monoisotopic (exact) mass is 302 g/mol. The first-order valence-electron chi connectivity index (χ1n) is 4.68. The Morgan fingerprint density at radius 1 is 1.11 bits per heavy atom. The van der Waals surface area contributed by atoms with Crippen molar-refractivity contribution >= 4 is 46.5 Å². The molecule has 18 heavy (non-hydrogen) atoms. The molecule has 0 radical (unpaired) electrons. The summed E-state index contributed by atoms with van der Waals surface area (Å²) in [6, 6.07) is 4.39. The van der Waals surface area contributed by atoms with E-state index in [4.69, 9.17) is 34.8 Å². The van der Waals surface area contributed by atoms with E-state index < -0.39 is 5.91 Å². The van der Waals surface area contributed by atoms with E-state index in [2.05, 4.69) is 20.5 Å². The Kier molecular flexibility index (Phi) is 3.96. The SMILES string of the molecule is O=C(Nc1ccc(Cl)nn1)c1cc(Cl)ncc1Cl. The fourth-order valence-corrected chi connectivity index (χ4v) is 1.60. The summed E-state index contributed by atoms with van der Waals surface area (Å²) in [5.41, 5.74) is 0.202. The van der Waals surface area contributed by atoms with Crippen LogP contribution in [-0.4, -0.2) is 21.1 Å². The fraction of sp³-hybridized carbons (Fsp3) is 0. The highest BCUT2D eigenvalue weighted by Crippen LogP contribution is 2.19. The first-order valence-corrected chi connectivity index (χ1v) is 5.81. The highest BCUT2D eigenvalue weighted by Gasteiger charge is 2.12. The minimum atomic E-state index is -0.457. The zero-order valence-electron chi connectivity index (χ0n) is 8.69. The number of halogens is 3. The number of amides is 1. The molecule has 0 unspecified atom stereocenters. The number of anilines is 1. The Hall–Kier alpha value is -1.43. The van der Waals surface area contributed by atoms with Crippen LogP contribution >= 0.6 is 34.8 Å². The van der Waals surface area contributed by atoms with Crippen molar-refractivity contribution in [2.75, 3.05) is 5.32 Å². The number of hydrogen-bond acceptors (Lipinski definition) is 4. The molecule has 92 valence electrons. The van der Waals surface area contributed by atoms with Crippen molar-refractivity contribution < 1.29 is 4.79 Å². The first kappa shape index (κ1) is 13.0. The van der Waals surface area contributed by atoms with Gasteiger partial charge in [-0.2, -0.15) is 0 Å². The summed E-state index contributed by atoms with van der Waals surface area (Å²) >= 11 is 17.1. The molecule has 5 nitrogen and oxygen atoms in total. The third kappa shape index (κ3) is 3.07. The first-order chi connectivity index (χ1) is 8.56. The van der Waals surface area contributed by atoms with E-state index in [9.17, 15) is 4.79 Å². The maximum Gasteiger partial charge on any atom is 0.258 e. The van der Waals surface area contributed by atoms with Crippen LogP contribution in [0.5, 0.6) is 0 Å². The average molecular weight is 304 g/mol. The lowest BCUT2D eigenvalue weighted by molar-refractivity contribution is 0.102. The number of carbonyl (C=O) groups is 1.